The molecule has 6 heteroatoms. The van der Waals surface area contributed by atoms with E-state index in [-0.39, 0.29) is 5.91 Å². The maximum Gasteiger partial charge on any atom is 0.274 e. The predicted molar refractivity (Wildman–Crippen MR) is 62.2 cm³/mol. The highest BCUT2D eigenvalue weighted by Crippen LogP contribution is 2.13. The molecule has 0 unspecified atom stereocenters. The van der Waals surface area contributed by atoms with Crippen LogP contribution < -0.4 is 5.73 Å². The Bertz CT molecular complexity index is 529. The van der Waals surface area contributed by atoms with Gasteiger partial charge >= 0.3 is 0 Å². The van der Waals surface area contributed by atoms with Crippen LogP contribution in [0.2, 0.25) is 0 Å². The average Bonchev–Trinajstić information content (AvgIpc) is 2.86. The number of nitrogens with one attached hydrogen (secondary N) is 1. The van der Waals surface area contributed by atoms with Crippen molar-refractivity contribution in [3.05, 3.63) is 35.5 Å². The van der Waals surface area contributed by atoms with E-state index in [0.29, 0.717) is 17.9 Å². The molecule has 17 heavy (non-hydrogen) atoms. The third kappa shape index (κ3) is 2.30. The predicted octanol–water partition coefficient (Wildman–Crippen LogP) is 1.17. The number of nitrogen functional groups attached to an aromatic ring is 1. The summed E-state index contributed by atoms with van der Waals surface area (Å²) >= 11 is 0. The monoisotopic (exact) mass is 234 g/mol. The molecule has 0 saturated carbocycles. The van der Waals surface area contributed by atoms with Crippen LogP contribution in [0.4, 0.5) is 5.69 Å². The molecule has 0 aromatic carbocycles. The van der Waals surface area contributed by atoms with Gasteiger partial charge in [0.1, 0.15) is 17.2 Å². The Kier molecular flexibility index (Phi) is 2.86. The summed E-state index contributed by atoms with van der Waals surface area (Å²) in [7, 11) is 1.68. The van der Waals surface area contributed by atoms with Gasteiger partial charge in [0.15, 0.2) is 0 Å². The second-order valence-electron chi connectivity index (χ2n) is 3.87. The minimum atomic E-state index is -0.214. The summed E-state index contributed by atoms with van der Waals surface area (Å²) in [6, 6.07) is 3.70. The summed E-state index contributed by atoms with van der Waals surface area (Å²) in [5.41, 5.74) is 6.26. The van der Waals surface area contributed by atoms with Crippen molar-refractivity contribution >= 4 is 11.6 Å². The number of aryl methyl sites for hydroxylation is 1. The number of aromatic nitrogens is 2. The molecule has 0 aliphatic rings. The zero-order valence-corrected chi connectivity index (χ0v) is 9.73. The second kappa shape index (κ2) is 4.32. The van der Waals surface area contributed by atoms with Crippen molar-refractivity contribution in [2.75, 3.05) is 12.8 Å². The highest BCUT2D eigenvalue weighted by molar-refractivity contribution is 5.96. The van der Waals surface area contributed by atoms with Crippen molar-refractivity contribution in [3.63, 3.8) is 0 Å². The highest BCUT2D eigenvalue weighted by atomic mass is 16.3. The fourth-order valence-corrected chi connectivity index (χ4v) is 1.53. The molecule has 2 aromatic rings. The zero-order chi connectivity index (χ0) is 12.4. The van der Waals surface area contributed by atoms with E-state index in [1.165, 1.54) is 11.1 Å². The lowest BCUT2D eigenvalue weighted by atomic mass is 10.3. The number of carbonyl (C=O) groups is 1. The van der Waals surface area contributed by atoms with E-state index in [9.17, 15) is 4.79 Å². The number of aromatic amines is 1. The lowest BCUT2D eigenvalue weighted by Crippen LogP contribution is -2.27. The molecule has 0 saturated heterocycles. The first-order valence-corrected chi connectivity index (χ1v) is 5.17. The van der Waals surface area contributed by atoms with Gasteiger partial charge in [-0.25, -0.2) is 0 Å². The molecule has 6 nitrogen and oxygen atoms in total. The van der Waals surface area contributed by atoms with Gasteiger partial charge in [-0.05, 0) is 19.1 Å². The molecule has 0 radical (unpaired) electrons. The van der Waals surface area contributed by atoms with Gasteiger partial charge in [0.25, 0.3) is 5.91 Å². The molecule has 0 fully saturated rings. The van der Waals surface area contributed by atoms with E-state index in [0.717, 1.165) is 11.5 Å². The zero-order valence-electron chi connectivity index (χ0n) is 9.73. The quantitative estimate of drug-likeness (QED) is 0.834. The number of rotatable bonds is 3. The van der Waals surface area contributed by atoms with Crippen molar-refractivity contribution in [1.29, 1.82) is 0 Å². The molecule has 90 valence electrons. The van der Waals surface area contributed by atoms with Gasteiger partial charge in [-0.1, -0.05) is 0 Å². The summed E-state index contributed by atoms with van der Waals surface area (Å²) in [6.45, 7) is 2.25. The number of hydrogen-bond donors (Lipinski definition) is 2. The molecule has 0 aliphatic carbocycles. The van der Waals surface area contributed by atoms with Crippen LogP contribution in [0.15, 0.2) is 22.7 Å². The number of hydrogen-bond acceptors (Lipinski definition) is 4. The maximum absolute atomic E-state index is 12.0. The molecule has 0 aliphatic heterocycles. The Balaban J connectivity index is 2.08. The highest BCUT2D eigenvalue weighted by Gasteiger charge is 2.17. The van der Waals surface area contributed by atoms with Crippen LogP contribution in [0.3, 0.4) is 0 Å². The van der Waals surface area contributed by atoms with Gasteiger partial charge in [0.05, 0.1) is 18.4 Å². The SMILES string of the molecule is Cc1ccc(CN(C)C(=O)c2[nH]ncc2N)o1. The topological polar surface area (TPSA) is 88.2 Å². The van der Waals surface area contributed by atoms with E-state index in [2.05, 4.69) is 10.2 Å². The van der Waals surface area contributed by atoms with Crippen molar-refractivity contribution in [1.82, 2.24) is 15.1 Å². The molecule has 2 aromatic heterocycles. The Morgan fingerprint density at radius 3 is 2.88 bits per heavy atom. The number of anilines is 1. The van der Waals surface area contributed by atoms with E-state index < -0.39 is 0 Å². The minimum absolute atomic E-state index is 0.214. The van der Waals surface area contributed by atoms with Crippen LogP contribution in [0, 0.1) is 6.92 Å². The first-order chi connectivity index (χ1) is 8.08. The first-order valence-electron chi connectivity index (χ1n) is 5.17. The molecule has 1 amide bonds. The summed E-state index contributed by atoms with van der Waals surface area (Å²) in [5, 5.41) is 6.30. The Labute approximate surface area is 98.4 Å². The lowest BCUT2D eigenvalue weighted by molar-refractivity contribution is 0.0770. The smallest absolute Gasteiger partial charge is 0.274 e. The van der Waals surface area contributed by atoms with Crippen molar-refractivity contribution < 1.29 is 9.21 Å². The average molecular weight is 234 g/mol. The molecule has 3 N–H and O–H groups in total. The summed E-state index contributed by atoms with van der Waals surface area (Å²) < 4.78 is 5.40. The number of carbonyl (C=O) groups excluding carboxylic acids is 1. The van der Waals surface area contributed by atoms with Gasteiger partial charge < -0.3 is 15.1 Å². The van der Waals surface area contributed by atoms with Crippen LogP contribution >= 0.6 is 0 Å². The normalized spacial score (nSPS) is 10.5. The number of nitrogens with zero attached hydrogens (tertiary/aromatic N) is 2. The van der Waals surface area contributed by atoms with Gasteiger partial charge in [0.2, 0.25) is 0 Å². The van der Waals surface area contributed by atoms with E-state index >= 15 is 0 Å². The number of amides is 1. The Hall–Kier alpha value is -2.24. The molecule has 0 bridgehead atoms. The molecular formula is C11H14N4O2. The van der Waals surface area contributed by atoms with Gasteiger partial charge in [-0.3, -0.25) is 9.89 Å². The number of H-pyrrole nitrogens is 1. The number of nitrogens with two attached hydrogens (primary N) is 1. The van der Waals surface area contributed by atoms with Crippen LogP contribution in [0.25, 0.3) is 0 Å². The first kappa shape index (κ1) is 11.3. The van der Waals surface area contributed by atoms with Gasteiger partial charge in [-0.15, -0.1) is 0 Å². The van der Waals surface area contributed by atoms with Gasteiger partial charge in [0, 0.05) is 7.05 Å². The molecule has 2 heterocycles. The molecule has 2 rings (SSSR count). The van der Waals surface area contributed by atoms with Gasteiger partial charge in [-0.2, -0.15) is 5.10 Å². The van der Waals surface area contributed by atoms with Crippen molar-refractivity contribution in [3.8, 4) is 0 Å². The fraction of sp³-hybridized carbons (Fsp3) is 0.273. The molecular weight excluding hydrogens is 220 g/mol. The van der Waals surface area contributed by atoms with E-state index in [1.54, 1.807) is 7.05 Å². The lowest BCUT2D eigenvalue weighted by Gasteiger charge is -2.14. The van der Waals surface area contributed by atoms with Crippen LogP contribution in [-0.4, -0.2) is 28.1 Å². The molecule has 0 atom stereocenters. The van der Waals surface area contributed by atoms with Crippen molar-refractivity contribution in [2.24, 2.45) is 0 Å². The van der Waals surface area contributed by atoms with E-state index in [1.807, 2.05) is 19.1 Å². The summed E-state index contributed by atoms with van der Waals surface area (Å²) in [5.74, 6) is 1.34. The maximum atomic E-state index is 12.0. The van der Waals surface area contributed by atoms with Crippen LogP contribution in [0.5, 0.6) is 0 Å². The van der Waals surface area contributed by atoms with Crippen molar-refractivity contribution in [2.45, 2.75) is 13.5 Å². The van der Waals surface area contributed by atoms with Crippen LogP contribution in [-0.2, 0) is 6.54 Å². The summed E-state index contributed by atoms with van der Waals surface area (Å²) in [6.07, 6.45) is 1.41. The third-order valence-corrected chi connectivity index (χ3v) is 2.42. The Morgan fingerprint density at radius 2 is 2.35 bits per heavy atom. The fourth-order valence-electron chi connectivity index (χ4n) is 1.53. The second-order valence-corrected chi connectivity index (χ2v) is 3.87. The summed E-state index contributed by atoms with van der Waals surface area (Å²) in [4.78, 5) is 13.5. The third-order valence-electron chi connectivity index (χ3n) is 2.42. The van der Waals surface area contributed by atoms with Crippen LogP contribution in [0.1, 0.15) is 22.0 Å². The number of furan rings is 1. The molecule has 0 spiro atoms. The minimum Gasteiger partial charge on any atom is -0.464 e. The Morgan fingerprint density at radius 1 is 1.59 bits per heavy atom. The largest absolute Gasteiger partial charge is 0.464 e. The standard InChI is InChI=1S/C11H14N4O2/c1-7-3-4-8(17-7)6-15(2)11(16)10-9(12)5-13-14-10/h3-5H,6,12H2,1-2H3,(H,13,14). The van der Waals surface area contributed by atoms with E-state index in [4.69, 9.17) is 10.2 Å².